The van der Waals surface area contributed by atoms with Crippen LogP contribution in [0.1, 0.15) is 81.0 Å². The van der Waals surface area contributed by atoms with Gasteiger partial charge in [0, 0.05) is 77.0 Å². The Labute approximate surface area is 362 Å². The first-order valence-corrected chi connectivity index (χ1v) is 22.2. The second kappa shape index (κ2) is 29.6. The fraction of sp³-hybridized carbons (Fsp3) is 0.619. The van der Waals surface area contributed by atoms with Crippen LogP contribution in [0.5, 0.6) is 11.5 Å². The molecule has 1 atom stereocenters. The van der Waals surface area contributed by atoms with Gasteiger partial charge in [0.2, 0.25) is 0 Å². The number of methoxy groups -OCH3 is 1. The summed E-state index contributed by atoms with van der Waals surface area (Å²) in [5.74, 6) is -1.11. The molecule has 1 aliphatic heterocycles. The fourth-order valence-electron chi connectivity index (χ4n) is 6.06. The molecule has 0 aromatic heterocycles. The van der Waals surface area contributed by atoms with E-state index < -0.39 is 17.9 Å². The Bertz CT molecular complexity index is 1470. The molecule has 1 unspecified atom stereocenters. The van der Waals surface area contributed by atoms with E-state index in [1.54, 1.807) is 43.5 Å². The molecule has 3 rings (SSSR count). The van der Waals surface area contributed by atoms with Crippen molar-refractivity contribution in [3.63, 3.8) is 0 Å². The Morgan fingerprint density at radius 3 is 1.39 bits per heavy atom. The lowest BCUT2D eigenvalue weighted by atomic mass is 10.1. The smallest absolute Gasteiger partial charge is 0.255 e. The monoisotopic (exact) mass is 940 g/mol. The molecule has 16 nitrogen and oxygen atoms in total. The minimum Gasteiger partial charge on any atom is -0.492 e. The third-order valence-corrected chi connectivity index (χ3v) is 10.4. The van der Waals surface area contributed by atoms with Gasteiger partial charge in [-0.25, -0.2) is 0 Å². The van der Waals surface area contributed by atoms with Crippen molar-refractivity contribution in [2.75, 3.05) is 123 Å². The molecule has 0 saturated carbocycles. The van der Waals surface area contributed by atoms with Gasteiger partial charge in [-0.05, 0) is 37.1 Å². The molecule has 4 amide bonds. The summed E-state index contributed by atoms with van der Waals surface area (Å²) in [6, 6.07) is 9.88. The van der Waals surface area contributed by atoms with Crippen LogP contribution in [0.25, 0.3) is 0 Å². The highest BCUT2D eigenvalue weighted by molar-refractivity contribution is 14.1. The van der Waals surface area contributed by atoms with Gasteiger partial charge in [0.25, 0.3) is 23.6 Å². The molecule has 0 saturated heterocycles. The summed E-state index contributed by atoms with van der Waals surface area (Å²) in [6.45, 7) is 10.4. The lowest BCUT2D eigenvalue weighted by Crippen LogP contribution is -2.43. The predicted octanol–water partition coefficient (Wildman–Crippen LogP) is 2.76. The number of hydrogen-bond acceptors (Lipinski definition) is 12. The summed E-state index contributed by atoms with van der Waals surface area (Å²) in [5, 5.41) is 22.4. The molecular weight excluding hydrogens is 875 g/mol. The number of alkyl halides is 1. The molecule has 4 bridgehead atoms. The number of hydrogen-bond donors (Lipinski definition) is 5. The Morgan fingerprint density at radius 2 is 1.00 bits per heavy atom. The topological polar surface area (TPSA) is 189 Å². The number of rotatable bonds is 20. The third kappa shape index (κ3) is 18.3. The lowest BCUT2D eigenvalue weighted by Gasteiger charge is -2.25. The van der Waals surface area contributed by atoms with Gasteiger partial charge in [0.05, 0.1) is 74.6 Å². The van der Waals surface area contributed by atoms with Crippen molar-refractivity contribution in [1.29, 1.82) is 0 Å². The highest BCUT2D eigenvalue weighted by atomic mass is 127. The van der Waals surface area contributed by atoms with Gasteiger partial charge in [-0.3, -0.25) is 29.0 Å². The third-order valence-electron chi connectivity index (χ3n) is 9.35. The molecule has 0 aliphatic carbocycles. The van der Waals surface area contributed by atoms with E-state index in [0.717, 1.165) is 25.7 Å². The first-order valence-electron chi connectivity index (χ1n) is 20.7. The van der Waals surface area contributed by atoms with Gasteiger partial charge in [0.1, 0.15) is 11.5 Å². The summed E-state index contributed by atoms with van der Waals surface area (Å²) in [4.78, 5) is 58.7. The van der Waals surface area contributed by atoms with E-state index in [2.05, 4.69) is 48.8 Å². The second-order valence-electron chi connectivity index (χ2n) is 14.0. The van der Waals surface area contributed by atoms with Crippen LogP contribution >= 0.6 is 22.6 Å². The minimum atomic E-state index is -0.617. The number of unbranched alkanes of at least 4 members (excludes halogenated alkanes) is 2. The van der Waals surface area contributed by atoms with E-state index >= 15 is 0 Å². The summed E-state index contributed by atoms with van der Waals surface area (Å²) >= 11 is 2.12. The van der Waals surface area contributed by atoms with Gasteiger partial charge < -0.3 is 50.1 Å². The Morgan fingerprint density at radius 1 is 0.610 bits per heavy atom. The number of nitrogens with zero attached hydrogens (tertiary/aromatic N) is 2. The SMILES string of the molecule is CCCCOc1c2cccc1C(=O)NCCN(CC(O)CI)CCNC(=O)c1cccc(c1OCCCC)C(=O)NCCN(CCOCCOCCOC)CCNC2=O. The molecule has 1 aliphatic rings. The molecule has 2 aromatic carbocycles. The number of carbonyl (C=O) groups is 4. The number of fused-ring (bicyclic) bond motifs is 4. The van der Waals surface area contributed by atoms with E-state index in [4.69, 9.17) is 23.7 Å². The van der Waals surface area contributed by atoms with Crippen molar-refractivity contribution in [1.82, 2.24) is 31.1 Å². The number of amides is 4. The number of nitrogens with one attached hydrogen (secondary N) is 4. The number of β-amino-alcohol motifs (C(OH)–C–C–N with tert-alkyl or cyclic N) is 1. The maximum atomic E-state index is 13.7. The average Bonchev–Trinajstić information content (AvgIpc) is 3.23. The van der Waals surface area contributed by atoms with E-state index in [1.807, 2.05) is 18.7 Å². The molecule has 330 valence electrons. The number of benzene rings is 2. The van der Waals surface area contributed by atoms with E-state index in [-0.39, 0.29) is 71.7 Å². The molecule has 0 fully saturated rings. The maximum Gasteiger partial charge on any atom is 0.255 e. The zero-order valence-corrected chi connectivity index (χ0v) is 37.1. The number of ether oxygens (including phenoxy) is 5. The Kier molecular flexibility index (Phi) is 25.0. The minimum absolute atomic E-state index is 0.215. The summed E-state index contributed by atoms with van der Waals surface area (Å²) < 4.78 is 29.0. The van der Waals surface area contributed by atoms with Crippen molar-refractivity contribution >= 4 is 46.2 Å². The zero-order valence-electron chi connectivity index (χ0n) is 35.0. The largest absolute Gasteiger partial charge is 0.492 e. The normalized spacial score (nSPS) is 16.3. The number of para-hydroxylation sites is 2. The number of aliphatic hydroxyl groups excluding tert-OH is 1. The predicted molar refractivity (Wildman–Crippen MR) is 234 cm³/mol. The van der Waals surface area contributed by atoms with E-state index in [1.165, 1.54) is 0 Å². The van der Waals surface area contributed by atoms with Crippen LogP contribution in [0, 0.1) is 0 Å². The van der Waals surface area contributed by atoms with Crippen LogP contribution in [0.3, 0.4) is 0 Å². The van der Waals surface area contributed by atoms with E-state index in [0.29, 0.717) is 89.9 Å². The molecule has 2 aromatic rings. The number of carbonyl (C=O) groups excluding carboxylic acids is 4. The van der Waals surface area contributed by atoms with Gasteiger partial charge in [0.15, 0.2) is 0 Å². The first kappa shape index (κ1) is 49.8. The molecular formula is C42H65IN6O10. The van der Waals surface area contributed by atoms with Gasteiger partial charge >= 0.3 is 0 Å². The molecule has 5 N–H and O–H groups in total. The van der Waals surface area contributed by atoms with Crippen molar-refractivity contribution in [2.24, 2.45) is 0 Å². The van der Waals surface area contributed by atoms with Crippen LogP contribution in [-0.2, 0) is 14.2 Å². The summed E-state index contributed by atoms with van der Waals surface area (Å²) in [5.41, 5.74) is 0.990. The Hall–Kier alpha value is -3.59. The highest BCUT2D eigenvalue weighted by Gasteiger charge is 2.23. The van der Waals surface area contributed by atoms with E-state index in [9.17, 15) is 24.3 Å². The van der Waals surface area contributed by atoms with Crippen molar-refractivity contribution in [2.45, 2.75) is 45.6 Å². The summed E-state index contributed by atoms with van der Waals surface area (Å²) in [6.07, 6.45) is 2.61. The molecule has 59 heavy (non-hydrogen) atoms. The lowest BCUT2D eigenvalue weighted by molar-refractivity contribution is 0.0196. The van der Waals surface area contributed by atoms with Gasteiger partial charge in [-0.1, -0.05) is 61.4 Å². The maximum absolute atomic E-state index is 13.7. The molecule has 1 heterocycles. The quantitative estimate of drug-likeness (QED) is 0.0744. The zero-order chi connectivity index (χ0) is 42.7. The summed E-state index contributed by atoms with van der Waals surface area (Å²) in [7, 11) is 1.62. The molecule has 17 heteroatoms. The van der Waals surface area contributed by atoms with Crippen molar-refractivity contribution in [3.8, 4) is 11.5 Å². The van der Waals surface area contributed by atoms with Crippen LogP contribution in [-0.4, -0.2) is 168 Å². The average molecular weight is 941 g/mol. The van der Waals surface area contributed by atoms with Crippen molar-refractivity contribution < 1.29 is 48.0 Å². The van der Waals surface area contributed by atoms with Crippen LogP contribution in [0.4, 0.5) is 0 Å². The standard InChI is InChI=1S/C42H65IN6O10/c1-4-6-23-58-37-33-10-8-12-35(37)41(53)46-16-20-49(31-32(50)30-43)21-17-47-42(54)36-13-9-11-34(38(36)59-24-7-5-2)40(52)45-15-19-48(18-14-44-39(33)51)22-25-56-28-29-57-27-26-55-3/h8-13,32,50H,4-7,14-31H2,1-3H3,(H,44,51)(H,45,52)(H,46,53)(H,47,54). The van der Waals surface area contributed by atoms with Crippen LogP contribution in [0.2, 0.25) is 0 Å². The Balaban J connectivity index is 1.89. The van der Waals surface area contributed by atoms with Crippen molar-refractivity contribution in [3.05, 3.63) is 58.7 Å². The highest BCUT2D eigenvalue weighted by Crippen LogP contribution is 2.26. The second-order valence-corrected chi connectivity index (χ2v) is 14.8. The molecule has 0 spiro atoms. The first-order chi connectivity index (χ1) is 28.7. The number of aliphatic hydroxyl groups is 1. The van der Waals surface area contributed by atoms with Gasteiger partial charge in [-0.15, -0.1) is 0 Å². The van der Waals surface area contributed by atoms with Crippen LogP contribution < -0.4 is 30.7 Å². The fourth-order valence-corrected chi connectivity index (χ4v) is 6.34. The number of halogens is 1. The van der Waals surface area contributed by atoms with Gasteiger partial charge in [-0.2, -0.15) is 0 Å². The molecule has 0 radical (unpaired) electrons. The van der Waals surface area contributed by atoms with Crippen LogP contribution in [0.15, 0.2) is 36.4 Å².